The summed E-state index contributed by atoms with van der Waals surface area (Å²) in [4.78, 5) is 29.7. The van der Waals surface area contributed by atoms with E-state index in [0.29, 0.717) is 26.7 Å². The number of nitrogens with one attached hydrogen (secondary N) is 1. The molecular formula is C23H23Cl2N3O3. The first-order valence-electron chi connectivity index (χ1n) is 10.2. The third kappa shape index (κ3) is 5.10. The van der Waals surface area contributed by atoms with Gasteiger partial charge < -0.3 is 14.6 Å². The summed E-state index contributed by atoms with van der Waals surface area (Å²) in [5, 5.41) is 4.37. The van der Waals surface area contributed by atoms with E-state index in [9.17, 15) is 9.59 Å². The zero-order chi connectivity index (χ0) is 22.0. The summed E-state index contributed by atoms with van der Waals surface area (Å²) in [6.07, 6.45) is 0. The monoisotopic (exact) mass is 459 g/mol. The number of hydrogen-bond donors (Lipinski definition) is 1. The molecule has 1 aromatic heterocycles. The number of carbonyl (C=O) groups excluding carboxylic acids is 1. The third-order valence-electron chi connectivity index (χ3n) is 5.56. The van der Waals surface area contributed by atoms with Crippen molar-refractivity contribution in [3.05, 3.63) is 74.1 Å². The number of rotatable bonds is 5. The van der Waals surface area contributed by atoms with Crippen LogP contribution in [0.5, 0.6) is 0 Å². The van der Waals surface area contributed by atoms with Crippen molar-refractivity contribution in [2.24, 2.45) is 0 Å². The fourth-order valence-electron chi connectivity index (χ4n) is 3.71. The van der Waals surface area contributed by atoms with Crippen LogP contribution in [-0.2, 0) is 6.54 Å². The summed E-state index contributed by atoms with van der Waals surface area (Å²) in [5.41, 5.74) is 1.09. The summed E-state index contributed by atoms with van der Waals surface area (Å²) in [5.74, 6) is -0.560. The molecule has 1 saturated heterocycles. The van der Waals surface area contributed by atoms with Crippen LogP contribution in [0.3, 0.4) is 0 Å². The lowest BCUT2D eigenvalue weighted by atomic mass is 10.1. The molecule has 2 heterocycles. The van der Waals surface area contributed by atoms with Crippen molar-refractivity contribution in [3.8, 4) is 0 Å². The van der Waals surface area contributed by atoms with E-state index in [1.165, 1.54) is 6.07 Å². The topological polar surface area (TPSA) is 65.8 Å². The number of benzene rings is 2. The Morgan fingerprint density at radius 1 is 1.03 bits per heavy atom. The van der Waals surface area contributed by atoms with Gasteiger partial charge in [-0.25, -0.2) is 4.79 Å². The number of likely N-dealkylation sites (N-methyl/N-ethyl adjacent to an activating group) is 1. The second-order valence-corrected chi connectivity index (χ2v) is 8.44. The molecule has 4 rings (SSSR count). The molecule has 0 bridgehead atoms. The third-order valence-corrected chi connectivity index (χ3v) is 6.14. The lowest BCUT2D eigenvalue weighted by molar-refractivity contribution is 0.102. The van der Waals surface area contributed by atoms with Gasteiger partial charge in [0.25, 0.3) is 5.91 Å². The Morgan fingerprint density at radius 3 is 2.48 bits per heavy atom. The van der Waals surface area contributed by atoms with Gasteiger partial charge in [0.1, 0.15) is 11.1 Å². The molecule has 0 unspecified atom stereocenters. The van der Waals surface area contributed by atoms with Gasteiger partial charge in [-0.1, -0.05) is 36.2 Å². The van der Waals surface area contributed by atoms with E-state index >= 15 is 0 Å². The second-order valence-electron chi connectivity index (χ2n) is 7.60. The summed E-state index contributed by atoms with van der Waals surface area (Å²) < 4.78 is 5.24. The molecular weight excluding hydrogens is 437 g/mol. The highest BCUT2D eigenvalue weighted by atomic mass is 35.5. The average Bonchev–Trinajstić information content (AvgIpc) is 2.76. The van der Waals surface area contributed by atoms with Crippen molar-refractivity contribution in [2.45, 2.75) is 13.5 Å². The molecule has 2 aromatic carbocycles. The fraction of sp³-hybridized carbons (Fsp3) is 0.304. The van der Waals surface area contributed by atoms with Crippen molar-refractivity contribution >= 4 is 45.8 Å². The van der Waals surface area contributed by atoms with Crippen LogP contribution in [0.25, 0.3) is 11.0 Å². The Balaban J connectivity index is 1.46. The van der Waals surface area contributed by atoms with E-state index in [1.54, 1.807) is 30.3 Å². The van der Waals surface area contributed by atoms with Crippen molar-refractivity contribution in [1.82, 2.24) is 9.80 Å². The maximum atomic E-state index is 12.7. The van der Waals surface area contributed by atoms with Crippen LogP contribution < -0.4 is 10.9 Å². The maximum absolute atomic E-state index is 12.7. The average molecular weight is 460 g/mol. The molecule has 8 heteroatoms. The highest BCUT2D eigenvalue weighted by Crippen LogP contribution is 2.24. The molecule has 0 radical (unpaired) electrons. The van der Waals surface area contributed by atoms with Crippen molar-refractivity contribution in [2.75, 3.05) is 38.0 Å². The van der Waals surface area contributed by atoms with E-state index in [0.717, 1.165) is 44.8 Å². The van der Waals surface area contributed by atoms with Crippen LogP contribution in [0.4, 0.5) is 5.69 Å². The van der Waals surface area contributed by atoms with Gasteiger partial charge in [0.2, 0.25) is 0 Å². The predicted molar refractivity (Wildman–Crippen MR) is 124 cm³/mol. The molecule has 0 saturated carbocycles. The van der Waals surface area contributed by atoms with Gasteiger partial charge in [-0.15, -0.1) is 0 Å². The van der Waals surface area contributed by atoms with Gasteiger partial charge in [-0.05, 0) is 48.5 Å². The minimum absolute atomic E-state index is 0.0937. The van der Waals surface area contributed by atoms with Gasteiger partial charge in [-0.2, -0.15) is 0 Å². The SMILES string of the molecule is CCN1CCN(Cc2ccc(NC(=O)c3cc4cc(Cl)ccc4oc3=O)cc2Cl)CC1. The molecule has 0 atom stereocenters. The van der Waals surface area contributed by atoms with Gasteiger partial charge in [-0.3, -0.25) is 9.69 Å². The number of anilines is 1. The van der Waals surface area contributed by atoms with Crippen LogP contribution >= 0.6 is 23.2 Å². The molecule has 1 aliphatic rings. The zero-order valence-corrected chi connectivity index (χ0v) is 18.7. The number of hydrogen-bond acceptors (Lipinski definition) is 5. The van der Waals surface area contributed by atoms with Crippen LogP contribution in [0.15, 0.2) is 51.7 Å². The van der Waals surface area contributed by atoms with Gasteiger partial charge in [0, 0.05) is 53.8 Å². The second kappa shape index (κ2) is 9.40. The lowest BCUT2D eigenvalue weighted by Crippen LogP contribution is -2.45. The Kier molecular flexibility index (Phi) is 6.62. The molecule has 1 amide bonds. The Hall–Kier alpha value is -2.38. The molecule has 1 fully saturated rings. The number of carbonyl (C=O) groups is 1. The highest BCUT2D eigenvalue weighted by Gasteiger charge is 2.18. The first kappa shape index (κ1) is 21.8. The number of piperazine rings is 1. The number of amides is 1. The largest absolute Gasteiger partial charge is 0.422 e. The van der Waals surface area contributed by atoms with Crippen LogP contribution in [0, 0.1) is 0 Å². The first-order valence-corrected chi connectivity index (χ1v) is 11.0. The summed E-state index contributed by atoms with van der Waals surface area (Å²) in [6.45, 7) is 8.14. The van der Waals surface area contributed by atoms with Crippen LogP contribution in [0.2, 0.25) is 10.0 Å². The normalized spacial score (nSPS) is 15.3. The van der Waals surface area contributed by atoms with Crippen molar-refractivity contribution < 1.29 is 9.21 Å². The fourth-order valence-corrected chi connectivity index (χ4v) is 4.13. The number of fused-ring (bicyclic) bond motifs is 1. The Bertz CT molecular complexity index is 1170. The minimum Gasteiger partial charge on any atom is -0.422 e. The zero-order valence-electron chi connectivity index (χ0n) is 17.2. The van der Waals surface area contributed by atoms with Gasteiger partial charge >= 0.3 is 5.63 Å². The maximum Gasteiger partial charge on any atom is 0.349 e. The number of halogens is 2. The van der Waals surface area contributed by atoms with E-state index in [1.807, 2.05) is 6.07 Å². The van der Waals surface area contributed by atoms with Crippen LogP contribution in [0.1, 0.15) is 22.8 Å². The van der Waals surface area contributed by atoms with Crippen LogP contribution in [-0.4, -0.2) is 48.4 Å². The molecule has 0 aliphatic carbocycles. The van der Waals surface area contributed by atoms with E-state index in [2.05, 4.69) is 22.0 Å². The lowest BCUT2D eigenvalue weighted by Gasteiger charge is -2.34. The highest BCUT2D eigenvalue weighted by molar-refractivity contribution is 6.32. The smallest absolute Gasteiger partial charge is 0.349 e. The Labute approximate surface area is 190 Å². The Morgan fingerprint density at radius 2 is 1.77 bits per heavy atom. The van der Waals surface area contributed by atoms with Gasteiger partial charge in [0.05, 0.1) is 0 Å². The molecule has 31 heavy (non-hydrogen) atoms. The standard InChI is InChI=1S/C23H23Cl2N3O3/c1-2-27-7-9-28(10-8-27)14-15-3-5-18(13-20(15)25)26-22(29)19-12-16-11-17(24)4-6-21(16)31-23(19)30/h3-6,11-13H,2,7-10,14H2,1H3,(H,26,29). The molecule has 0 spiro atoms. The number of nitrogens with zero attached hydrogens (tertiary/aromatic N) is 2. The molecule has 1 aliphatic heterocycles. The molecule has 6 nitrogen and oxygen atoms in total. The quantitative estimate of drug-likeness (QED) is 0.569. The minimum atomic E-state index is -0.707. The van der Waals surface area contributed by atoms with E-state index < -0.39 is 11.5 Å². The van der Waals surface area contributed by atoms with E-state index in [-0.39, 0.29) is 5.56 Å². The molecule has 1 N–H and O–H groups in total. The summed E-state index contributed by atoms with van der Waals surface area (Å²) in [6, 6.07) is 11.8. The summed E-state index contributed by atoms with van der Waals surface area (Å²) >= 11 is 12.5. The predicted octanol–water partition coefficient (Wildman–Crippen LogP) is 4.49. The van der Waals surface area contributed by atoms with E-state index in [4.69, 9.17) is 27.6 Å². The molecule has 3 aromatic rings. The van der Waals surface area contributed by atoms with Gasteiger partial charge in [0.15, 0.2) is 0 Å². The molecule has 162 valence electrons. The first-order chi connectivity index (χ1) is 14.9. The van der Waals surface area contributed by atoms with Crippen molar-refractivity contribution in [3.63, 3.8) is 0 Å². The van der Waals surface area contributed by atoms with Crippen molar-refractivity contribution in [1.29, 1.82) is 0 Å². The summed E-state index contributed by atoms with van der Waals surface area (Å²) in [7, 11) is 0.